The van der Waals surface area contributed by atoms with Crippen LogP contribution in [-0.4, -0.2) is 24.8 Å². The molecule has 1 N–H and O–H groups in total. The van der Waals surface area contributed by atoms with Gasteiger partial charge in [0, 0.05) is 7.05 Å². The highest BCUT2D eigenvalue weighted by Gasteiger charge is 2.57. The van der Waals surface area contributed by atoms with Gasteiger partial charge in [-0.2, -0.15) is 13.2 Å². The van der Waals surface area contributed by atoms with E-state index in [-0.39, 0.29) is 6.92 Å². The quantitative estimate of drug-likeness (QED) is 0.589. The van der Waals surface area contributed by atoms with E-state index in [1.165, 1.54) is 0 Å². The summed E-state index contributed by atoms with van der Waals surface area (Å²) in [5, 5.41) is 1.58. The van der Waals surface area contributed by atoms with E-state index in [1.54, 1.807) is 5.32 Å². The Bertz CT molecular complexity index is 162. The van der Waals surface area contributed by atoms with Gasteiger partial charge < -0.3 is 5.32 Å². The number of amides is 1. The predicted octanol–water partition coefficient (Wildman–Crippen LogP) is 1.02. The lowest BCUT2D eigenvalue weighted by Crippen LogP contribution is -2.50. The average Bonchev–Trinajstić information content (AvgIpc) is 1.83. The molecule has 0 aliphatic heterocycles. The smallest absolute Gasteiger partial charge is 0.356 e. The van der Waals surface area contributed by atoms with Crippen LogP contribution in [0, 0.1) is 0 Å². The second kappa shape index (κ2) is 2.67. The molecular formula is C5H7F4NO. The summed E-state index contributed by atoms with van der Waals surface area (Å²) in [5.41, 5.74) is -3.80. The van der Waals surface area contributed by atoms with Crippen molar-refractivity contribution in [2.75, 3.05) is 7.05 Å². The van der Waals surface area contributed by atoms with Crippen molar-refractivity contribution in [2.24, 2.45) is 0 Å². The molecule has 11 heavy (non-hydrogen) atoms. The van der Waals surface area contributed by atoms with Crippen LogP contribution in [0.15, 0.2) is 0 Å². The van der Waals surface area contributed by atoms with Crippen LogP contribution in [-0.2, 0) is 4.79 Å². The summed E-state index contributed by atoms with van der Waals surface area (Å²) >= 11 is 0. The van der Waals surface area contributed by atoms with Crippen LogP contribution >= 0.6 is 0 Å². The highest BCUT2D eigenvalue weighted by atomic mass is 19.4. The van der Waals surface area contributed by atoms with Gasteiger partial charge in [-0.25, -0.2) is 4.39 Å². The molecule has 6 heteroatoms. The average molecular weight is 173 g/mol. The van der Waals surface area contributed by atoms with Gasteiger partial charge in [0.1, 0.15) is 0 Å². The van der Waals surface area contributed by atoms with E-state index >= 15 is 0 Å². The van der Waals surface area contributed by atoms with Crippen molar-refractivity contribution in [1.82, 2.24) is 5.32 Å². The van der Waals surface area contributed by atoms with Crippen molar-refractivity contribution >= 4 is 5.91 Å². The molecule has 2 nitrogen and oxygen atoms in total. The predicted molar refractivity (Wildman–Crippen MR) is 29.6 cm³/mol. The molecule has 0 aliphatic rings. The monoisotopic (exact) mass is 173 g/mol. The second-order valence-corrected chi connectivity index (χ2v) is 2.08. The Kier molecular flexibility index (Phi) is 2.47. The van der Waals surface area contributed by atoms with Crippen molar-refractivity contribution in [3.05, 3.63) is 0 Å². The number of nitrogens with one attached hydrogen (secondary N) is 1. The summed E-state index contributed by atoms with van der Waals surface area (Å²) < 4.78 is 47.4. The highest BCUT2D eigenvalue weighted by molar-refractivity contribution is 5.85. The Morgan fingerprint density at radius 3 is 1.73 bits per heavy atom. The summed E-state index contributed by atoms with van der Waals surface area (Å²) in [5.74, 6) is -1.69. The molecule has 0 heterocycles. The molecule has 0 saturated carbocycles. The lowest BCUT2D eigenvalue weighted by Gasteiger charge is -2.20. The van der Waals surface area contributed by atoms with Crippen LogP contribution in [0.1, 0.15) is 6.92 Å². The third kappa shape index (κ3) is 1.81. The molecule has 0 aromatic rings. The van der Waals surface area contributed by atoms with Gasteiger partial charge in [-0.15, -0.1) is 0 Å². The third-order valence-corrected chi connectivity index (χ3v) is 1.19. The Labute approximate surface area is 60.6 Å². The Balaban J connectivity index is 4.59. The van der Waals surface area contributed by atoms with Gasteiger partial charge in [-0.1, -0.05) is 0 Å². The summed E-state index contributed by atoms with van der Waals surface area (Å²) in [4.78, 5) is 10.3. The Hall–Kier alpha value is -0.810. The van der Waals surface area contributed by atoms with Crippen LogP contribution in [0.4, 0.5) is 17.6 Å². The molecule has 0 rings (SSSR count). The number of hydrogen-bond acceptors (Lipinski definition) is 1. The van der Waals surface area contributed by atoms with Gasteiger partial charge in [-0.05, 0) is 6.92 Å². The Morgan fingerprint density at radius 2 is 1.64 bits per heavy atom. The van der Waals surface area contributed by atoms with E-state index in [0.717, 1.165) is 7.05 Å². The molecule has 0 saturated heterocycles. The molecule has 1 amide bonds. The summed E-state index contributed by atoms with van der Waals surface area (Å²) in [7, 11) is 0.936. The normalized spacial score (nSPS) is 17.3. The summed E-state index contributed by atoms with van der Waals surface area (Å²) in [6.45, 7) is 0.172. The van der Waals surface area contributed by atoms with Gasteiger partial charge in [0.05, 0.1) is 0 Å². The van der Waals surface area contributed by atoms with E-state index in [9.17, 15) is 22.4 Å². The van der Waals surface area contributed by atoms with E-state index < -0.39 is 17.8 Å². The SMILES string of the molecule is CNC(=O)C(C)(F)C(F)(F)F. The van der Waals surface area contributed by atoms with Crippen LogP contribution in [0.5, 0.6) is 0 Å². The van der Waals surface area contributed by atoms with Gasteiger partial charge in [0.15, 0.2) is 0 Å². The molecule has 66 valence electrons. The van der Waals surface area contributed by atoms with Gasteiger partial charge >= 0.3 is 6.18 Å². The highest BCUT2D eigenvalue weighted by Crippen LogP contribution is 2.33. The lowest BCUT2D eigenvalue weighted by atomic mass is 10.1. The van der Waals surface area contributed by atoms with Gasteiger partial charge in [0.25, 0.3) is 11.6 Å². The van der Waals surface area contributed by atoms with Crippen LogP contribution < -0.4 is 5.32 Å². The number of hydrogen-bond donors (Lipinski definition) is 1. The molecule has 0 aromatic heterocycles. The fourth-order valence-electron chi connectivity index (χ4n) is 0.363. The number of carbonyl (C=O) groups excluding carboxylic acids is 1. The summed E-state index contributed by atoms with van der Waals surface area (Å²) in [6.07, 6.45) is -5.16. The maximum absolute atomic E-state index is 12.5. The zero-order valence-corrected chi connectivity index (χ0v) is 5.92. The minimum atomic E-state index is -5.16. The summed E-state index contributed by atoms with van der Waals surface area (Å²) in [6, 6.07) is 0. The number of rotatable bonds is 1. The molecule has 1 atom stereocenters. The topological polar surface area (TPSA) is 29.1 Å². The number of alkyl halides is 4. The molecule has 0 radical (unpaired) electrons. The van der Waals surface area contributed by atoms with Gasteiger partial charge in [0.2, 0.25) is 0 Å². The van der Waals surface area contributed by atoms with Crippen LogP contribution in [0.3, 0.4) is 0 Å². The van der Waals surface area contributed by atoms with Gasteiger partial charge in [-0.3, -0.25) is 4.79 Å². The minimum Gasteiger partial charge on any atom is -0.356 e. The van der Waals surface area contributed by atoms with Crippen molar-refractivity contribution in [3.63, 3.8) is 0 Å². The second-order valence-electron chi connectivity index (χ2n) is 2.08. The molecule has 1 unspecified atom stereocenters. The molecule has 0 spiro atoms. The zero-order valence-electron chi connectivity index (χ0n) is 5.92. The van der Waals surface area contributed by atoms with E-state index in [1.807, 2.05) is 0 Å². The fourth-order valence-corrected chi connectivity index (χ4v) is 0.363. The van der Waals surface area contributed by atoms with Crippen LogP contribution in [0.25, 0.3) is 0 Å². The first-order valence-corrected chi connectivity index (χ1v) is 2.71. The maximum atomic E-state index is 12.5. The number of halogens is 4. The van der Waals surface area contributed by atoms with Crippen LogP contribution in [0.2, 0.25) is 0 Å². The fraction of sp³-hybridized carbons (Fsp3) is 0.800. The van der Waals surface area contributed by atoms with E-state index in [0.29, 0.717) is 0 Å². The zero-order chi connectivity index (χ0) is 9.28. The van der Waals surface area contributed by atoms with Crippen molar-refractivity contribution in [3.8, 4) is 0 Å². The third-order valence-electron chi connectivity index (χ3n) is 1.19. The largest absolute Gasteiger partial charge is 0.431 e. The first-order valence-electron chi connectivity index (χ1n) is 2.71. The van der Waals surface area contributed by atoms with Crippen molar-refractivity contribution in [2.45, 2.75) is 18.8 Å². The maximum Gasteiger partial charge on any atom is 0.431 e. The minimum absolute atomic E-state index is 0.172. The lowest BCUT2D eigenvalue weighted by molar-refractivity contribution is -0.221. The van der Waals surface area contributed by atoms with E-state index in [4.69, 9.17) is 0 Å². The molecule has 0 bridgehead atoms. The van der Waals surface area contributed by atoms with Crippen molar-refractivity contribution in [1.29, 1.82) is 0 Å². The standard InChI is InChI=1S/C5H7F4NO/c1-4(6,3(11)10-2)5(7,8)9/h1-2H3,(H,10,11). The molecule has 0 fully saturated rings. The van der Waals surface area contributed by atoms with Crippen molar-refractivity contribution < 1.29 is 22.4 Å². The molecule has 0 aliphatic carbocycles. The molecule has 0 aromatic carbocycles. The van der Waals surface area contributed by atoms with E-state index in [2.05, 4.69) is 0 Å². The first kappa shape index (κ1) is 10.2. The first-order chi connectivity index (χ1) is 4.73. The number of carbonyl (C=O) groups is 1. The molecular weight excluding hydrogens is 166 g/mol. The Morgan fingerprint density at radius 1 is 1.27 bits per heavy atom.